The van der Waals surface area contributed by atoms with Gasteiger partial charge in [0.2, 0.25) is 10.0 Å². The van der Waals surface area contributed by atoms with Crippen LogP contribution in [0.3, 0.4) is 0 Å². The van der Waals surface area contributed by atoms with E-state index >= 15 is 0 Å². The van der Waals surface area contributed by atoms with E-state index in [-0.39, 0.29) is 22.7 Å². The molecule has 1 aromatic rings. The first-order chi connectivity index (χ1) is 9.32. The number of benzene rings is 1. The molecule has 2 rings (SSSR count). The predicted molar refractivity (Wildman–Crippen MR) is 83.8 cm³/mol. The standard InChI is InChI=1S/C14H21FN2O2S.ClH/c1-11-4-5-12(15)8-13(11)20(18,19)17-10-14(2)6-3-7-16-9-14;/h4-5,8,16-17H,3,6-7,9-10H2,1-2H3;1H. The molecule has 0 aliphatic carbocycles. The lowest BCUT2D eigenvalue weighted by atomic mass is 9.83. The van der Waals surface area contributed by atoms with Crippen LogP contribution >= 0.6 is 12.4 Å². The van der Waals surface area contributed by atoms with E-state index in [0.29, 0.717) is 12.1 Å². The number of rotatable bonds is 4. The summed E-state index contributed by atoms with van der Waals surface area (Å²) in [6.45, 7) is 5.85. The molecular weight excluding hydrogens is 315 g/mol. The molecule has 1 saturated heterocycles. The van der Waals surface area contributed by atoms with Crippen LogP contribution < -0.4 is 10.0 Å². The fraction of sp³-hybridized carbons (Fsp3) is 0.571. The molecule has 0 spiro atoms. The summed E-state index contributed by atoms with van der Waals surface area (Å²) in [6, 6.07) is 3.81. The van der Waals surface area contributed by atoms with Crippen molar-refractivity contribution in [3.63, 3.8) is 0 Å². The molecule has 0 radical (unpaired) electrons. The Balaban J connectivity index is 0.00000220. The maximum atomic E-state index is 13.2. The second-order valence-electron chi connectivity index (χ2n) is 5.83. The quantitative estimate of drug-likeness (QED) is 0.886. The molecule has 7 heteroatoms. The second-order valence-corrected chi connectivity index (χ2v) is 7.56. The number of halogens is 2. The fourth-order valence-corrected chi connectivity index (χ4v) is 3.93. The molecule has 1 unspecified atom stereocenters. The maximum absolute atomic E-state index is 13.2. The van der Waals surface area contributed by atoms with Crippen molar-refractivity contribution in [2.45, 2.75) is 31.6 Å². The predicted octanol–water partition coefficient (Wildman–Crippen LogP) is 2.22. The van der Waals surface area contributed by atoms with E-state index in [1.54, 1.807) is 6.92 Å². The van der Waals surface area contributed by atoms with E-state index in [2.05, 4.69) is 17.0 Å². The Hall–Kier alpha value is -0.690. The molecule has 0 aromatic heterocycles. The molecule has 4 nitrogen and oxygen atoms in total. The molecular formula is C14H22ClFN2O2S. The first kappa shape index (κ1) is 18.4. The summed E-state index contributed by atoms with van der Waals surface area (Å²) in [7, 11) is -3.67. The van der Waals surface area contributed by atoms with Crippen LogP contribution in [-0.4, -0.2) is 28.1 Å². The summed E-state index contributed by atoms with van der Waals surface area (Å²) in [5, 5.41) is 3.28. The Morgan fingerprint density at radius 3 is 2.76 bits per heavy atom. The molecule has 1 heterocycles. The number of sulfonamides is 1. The molecule has 1 aliphatic heterocycles. The minimum Gasteiger partial charge on any atom is -0.316 e. The smallest absolute Gasteiger partial charge is 0.240 e. The van der Waals surface area contributed by atoms with Crippen molar-refractivity contribution in [3.05, 3.63) is 29.6 Å². The van der Waals surface area contributed by atoms with Gasteiger partial charge >= 0.3 is 0 Å². The van der Waals surface area contributed by atoms with Gasteiger partial charge in [0.1, 0.15) is 5.82 Å². The van der Waals surface area contributed by atoms with Gasteiger partial charge in [-0.25, -0.2) is 17.5 Å². The summed E-state index contributed by atoms with van der Waals surface area (Å²) < 4.78 is 40.4. The van der Waals surface area contributed by atoms with Crippen molar-refractivity contribution in [1.29, 1.82) is 0 Å². The van der Waals surface area contributed by atoms with Crippen LogP contribution in [0.2, 0.25) is 0 Å². The van der Waals surface area contributed by atoms with E-state index in [9.17, 15) is 12.8 Å². The highest BCUT2D eigenvalue weighted by atomic mass is 35.5. The van der Waals surface area contributed by atoms with Crippen LogP contribution in [0.4, 0.5) is 4.39 Å². The number of hydrogen-bond acceptors (Lipinski definition) is 3. The van der Waals surface area contributed by atoms with Crippen molar-refractivity contribution in [3.8, 4) is 0 Å². The minimum atomic E-state index is -3.67. The summed E-state index contributed by atoms with van der Waals surface area (Å²) in [5.41, 5.74) is 0.456. The third-order valence-electron chi connectivity index (χ3n) is 3.81. The lowest BCUT2D eigenvalue weighted by Crippen LogP contribution is -2.45. The van der Waals surface area contributed by atoms with Gasteiger partial charge in [0.15, 0.2) is 0 Å². The SMILES string of the molecule is Cc1ccc(F)cc1S(=O)(=O)NCC1(C)CCCNC1.Cl. The van der Waals surface area contributed by atoms with Gasteiger partial charge in [-0.3, -0.25) is 0 Å². The van der Waals surface area contributed by atoms with E-state index in [1.165, 1.54) is 12.1 Å². The molecule has 1 atom stereocenters. The van der Waals surface area contributed by atoms with E-state index in [1.807, 2.05) is 0 Å². The molecule has 1 fully saturated rings. The van der Waals surface area contributed by atoms with Gasteiger partial charge in [-0.15, -0.1) is 12.4 Å². The number of nitrogens with one attached hydrogen (secondary N) is 2. The first-order valence-corrected chi connectivity index (χ1v) is 8.27. The zero-order valence-electron chi connectivity index (χ0n) is 12.3. The summed E-state index contributed by atoms with van der Waals surface area (Å²) in [4.78, 5) is 0.0184. The molecule has 0 bridgehead atoms. The Kier molecular flexibility index (Phi) is 6.16. The molecule has 120 valence electrons. The molecule has 1 aliphatic rings. The molecule has 21 heavy (non-hydrogen) atoms. The van der Waals surface area contributed by atoms with Crippen LogP contribution in [0, 0.1) is 18.2 Å². The van der Waals surface area contributed by atoms with Gasteiger partial charge in [0, 0.05) is 13.1 Å². The van der Waals surface area contributed by atoms with Gasteiger partial charge in [0.05, 0.1) is 4.90 Å². The highest BCUT2D eigenvalue weighted by Crippen LogP contribution is 2.25. The Bertz CT molecular complexity index is 587. The van der Waals surface area contributed by atoms with Crippen molar-refractivity contribution in [2.24, 2.45) is 5.41 Å². The lowest BCUT2D eigenvalue weighted by molar-refractivity contribution is 0.238. The summed E-state index contributed by atoms with van der Waals surface area (Å²) in [6.07, 6.45) is 2.02. The van der Waals surface area contributed by atoms with Crippen molar-refractivity contribution >= 4 is 22.4 Å². The van der Waals surface area contributed by atoms with Crippen molar-refractivity contribution < 1.29 is 12.8 Å². The third kappa shape index (κ3) is 4.64. The Morgan fingerprint density at radius 2 is 2.14 bits per heavy atom. The topological polar surface area (TPSA) is 58.2 Å². The van der Waals surface area contributed by atoms with Gasteiger partial charge < -0.3 is 5.32 Å². The van der Waals surface area contributed by atoms with Gasteiger partial charge in [-0.05, 0) is 49.4 Å². The van der Waals surface area contributed by atoms with Gasteiger partial charge in [-0.1, -0.05) is 13.0 Å². The second kappa shape index (κ2) is 7.05. The van der Waals surface area contributed by atoms with Gasteiger partial charge in [-0.2, -0.15) is 0 Å². The zero-order chi connectivity index (χ0) is 14.8. The Morgan fingerprint density at radius 1 is 1.43 bits per heavy atom. The summed E-state index contributed by atoms with van der Waals surface area (Å²) in [5.74, 6) is -0.540. The van der Waals surface area contributed by atoms with E-state index < -0.39 is 15.8 Å². The van der Waals surface area contributed by atoms with E-state index in [4.69, 9.17) is 0 Å². The lowest BCUT2D eigenvalue weighted by Gasteiger charge is -2.34. The zero-order valence-corrected chi connectivity index (χ0v) is 13.9. The van der Waals surface area contributed by atoms with Crippen molar-refractivity contribution in [1.82, 2.24) is 10.0 Å². The molecule has 0 saturated carbocycles. The molecule has 1 aromatic carbocycles. The van der Waals surface area contributed by atoms with Crippen LogP contribution in [0.15, 0.2) is 23.1 Å². The van der Waals surface area contributed by atoms with E-state index in [0.717, 1.165) is 32.0 Å². The number of piperidine rings is 1. The highest BCUT2D eigenvalue weighted by Gasteiger charge is 2.29. The van der Waals surface area contributed by atoms with Gasteiger partial charge in [0.25, 0.3) is 0 Å². The Labute approximate surface area is 132 Å². The average Bonchev–Trinajstić information content (AvgIpc) is 2.40. The summed E-state index contributed by atoms with van der Waals surface area (Å²) >= 11 is 0. The van der Waals surface area contributed by atoms with Crippen LogP contribution in [0.5, 0.6) is 0 Å². The van der Waals surface area contributed by atoms with Crippen LogP contribution in [0.1, 0.15) is 25.3 Å². The fourth-order valence-electron chi connectivity index (χ4n) is 2.48. The van der Waals surface area contributed by atoms with Crippen LogP contribution in [0.25, 0.3) is 0 Å². The average molecular weight is 337 g/mol. The molecule has 0 amide bonds. The monoisotopic (exact) mass is 336 g/mol. The van der Waals surface area contributed by atoms with Crippen molar-refractivity contribution in [2.75, 3.05) is 19.6 Å². The minimum absolute atomic E-state index is 0. The number of aryl methyl sites for hydroxylation is 1. The number of hydrogen-bond donors (Lipinski definition) is 2. The molecule has 2 N–H and O–H groups in total. The first-order valence-electron chi connectivity index (χ1n) is 6.79. The third-order valence-corrected chi connectivity index (χ3v) is 5.36. The largest absolute Gasteiger partial charge is 0.316 e. The van der Waals surface area contributed by atoms with Crippen LogP contribution in [-0.2, 0) is 10.0 Å². The normalized spacial score (nSPS) is 22.6. The highest BCUT2D eigenvalue weighted by molar-refractivity contribution is 7.89. The maximum Gasteiger partial charge on any atom is 0.240 e.